The Morgan fingerprint density at radius 1 is 1.27 bits per heavy atom. The van der Waals surface area contributed by atoms with E-state index in [4.69, 9.17) is 4.42 Å². The van der Waals surface area contributed by atoms with Crippen molar-refractivity contribution in [2.24, 2.45) is 4.99 Å². The molecule has 2 aromatic rings. The maximum absolute atomic E-state index is 12.5. The van der Waals surface area contributed by atoms with E-state index in [1.165, 1.54) is 32.3 Å². The first-order chi connectivity index (χ1) is 15.4. The van der Waals surface area contributed by atoms with Crippen LogP contribution in [0.4, 0.5) is 5.69 Å². The fourth-order valence-corrected chi connectivity index (χ4v) is 5.12. The van der Waals surface area contributed by atoms with E-state index in [1.54, 1.807) is 6.26 Å². The summed E-state index contributed by atoms with van der Waals surface area (Å²) in [4.78, 5) is 4.22. The summed E-state index contributed by atoms with van der Waals surface area (Å²) in [5, 5.41) is 14.3. The Bertz CT molecular complexity index is 1310. The summed E-state index contributed by atoms with van der Waals surface area (Å²) in [5.74, 6) is 0.365. The van der Waals surface area contributed by atoms with Gasteiger partial charge in [-0.15, -0.1) is 0 Å². The molecule has 0 amide bonds. The molecule has 1 aromatic carbocycles. The third-order valence-electron chi connectivity index (χ3n) is 5.10. The average molecular weight is 497 g/mol. The van der Waals surface area contributed by atoms with E-state index in [2.05, 4.69) is 15.0 Å². The molecule has 33 heavy (non-hydrogen) atoms. The Labute approximate surface area is 194 Å². The summed E-state index contributed by atoms with van der Waals surface area (Å²) in [6, 6.07) is 5.58. The number of furan rings is 1. The second kappa shape index (κ2) is 9.20. The minimum atomic E-state index is -3.92. The van der Waals surface area contributed by atoms with Crippen LogP contribution >= 0.6 is 0 Å². The second-order valence-electron chi connectivity index (χ2n) is 8.08. The largest absolute Gasteiger partial charge is 0.504 e. The molecule has 1 atom stereocenters. The fourth-order valence-electron chi connectivity index (χ4n) is 3.15. The van der Waals surface area contributed by atoms with Gasteiger partial charge in [0.1, 0.15) is 16.7 Å². The van der Waals surface area contributed by atoms with Gasteiger partial charge >= 0.3 is 0 Å². The molecular weight excluding hydrogens is 468 g/mol. The van der Waals surface area contributed by atoms with Crippen molar-refractivity contribution in [2.75, 3.05) is 19.4 Å². The predicted octanol–water partition coefficient (Wildman–Crippen LogP) is 3.10. The number of para-hydroxylation sites is 1. The van der Waals surface area contributed by atoms with E-state index < -0.39 is 31.8 Å². The number of amidine groups is 1. The molecule has 0 aliphatic carbocycles. The van der Waals surface area contributed by atoms with Crippen LogP contribution < -0.4 is 10.0 Å². The van der Waals surface area contributed by atoms with Crippen LogP contribution in [0.25, 0.3) is 0 Å². The number of hydrogen-bond acceptors (Lipinski definition) is 8. The number of nitrogens with one attached hydrogen (secondary N) is 2. The van der Waals surface area contributed by atoms with E-state index in [-0.39, 0.29) is 28.0 Å². The lowest BCUT2D eigenvalue weighted by Crippen LogP contribution is -2.26. The monoisotopic (exact) mass is 496 g/mol. The lowest BCUT2D eigenvalue weighted by atomic mass is 10.1. The number of rotatable bonds is 8. The molecule has 0 saturated heterocycles. The Morgan fingerprint density at radius 3 is 2.55 bits per heavy atom. The van der Waals surface area contributed by atoms with Gasteiger partial charge < -0.3 is 14.8 Å². The minimum absolute atomic E-state index is 0.0175. The molecule has 1 aliphatic rings. The van der Waals surface area contributed by atoms with Crippen LogP contribution in [0.15, 0.2) is 55.9 Å². The third-order valence-corrected chi connectivity index (χ3v) is 7.97. The molecule has 180 valence electrons. The van der Waals surface area contributed by atoms with Crippen LogP contribution in [-0.4, -0.2) is 46.2 Å². The molecule has 12 heteroatoms. The van der Waals surface area contributed by atoms with Crippen LogP contribution in [-0.2, 0) is 20.0 Å². The summed E-state index contributed by atoms with van der Waals surface area (Å²) < 4.78 is 58.4. The zero-order valence-electron chi connectivity index (χ0n) is 19.0. The molecule has 0 bridgehead atoms. The summed E-state index contributed by atoms with van der Waals surface area (Å²) in [5.41, 5.74) is 1.09. The Hall–Kier alpha value is -2.83. The Balaban J connectivity index is 1.98. The van der Waals surface area contributed by atoms with Crippen LogP contribution in [0, 0.1) is 0 Å². The fraction of sp³-hybridized carbons (Fsp3) is 0.381. The molecule has 1 aliphatic heterocycles. The maximum Gasteiger partial charge on any atom is 0.258 e. The number of aromatic hydroxyl groups is 1. The number of hydrogen-bond donors (Lipinski definition) is 3. The molecular formula is C21H28N4O6S2. The van der Waals surface area contributed by atoms with Crippen molar-refractivity contribution in [1.82, 2.24) is 9.03 Å². The van der Waals surface area contributed by atoms with Crippen molar-refractivity contribution < 1.29 is 26.4 Å². The molecule has 0 radical (unpaired) electrons. The van der Waals surface area contributed by atoms with Crippen molar-refractivity contribution in [1.29, 1.82) is 0 Å². The predicted molar refractivity (Wildman–Crippen MR) is 126 cm³/mol. The van der Waals surface area contributed by atoms with E-state index in [0.717, 1.165) is 15.3 Å². The standard InChI is InChI=1S/C21H28N4O6S2/c1-6-15(18-10-14(11-31-18)13(2)3)23-21-17(12-32(27,28)24-21)22-16-8-7-9-19(20(16)26)33(29,30)25(4)5/h7-13,15,22,26H,6H2,1-5H3,(H,23,24)/t15-/m1/s1. The summed E-state index contributed by atoms with van der Waals surface area (Å²) >= 11 is 0. The first-order valence-electron chi connectivity index (χ1n) is 10.3. The van der Waals surface area contributed by atoms with E-state index in [1.807, 2.05) is 26.8 Å². The lowest BCUT2D eigenvalue weighted by Gasteiger charge is -2.16. The van der Waals surface area contributed by atoms with Gasteiger partial charge in [0.15, 0.2) is 11.6 Å². The Kier molecular flexibility index (Phi) is 6.91. The first-order valence-corrected chi connectivity index (χ1v) is 13.3. The van der Waals surface area contributed by atoms with Gasteiger partial charge in [0.05, 0.1) is 23.1 Å². The zero-order valence-corrected chi connectivity index (χ0v) is 20.7. The quantitative estimate of drug-likeness (QED) is 0.477. The highest BCUT2D eigenvalue weighted by molar-refractivity contribution is 7.93. The number of anilines is 1. The van der Waals surface area contributed by atoms with E-state index >= 15 is 0 Å². The van der Waals surface area contributed by atoms with Crippen molar-refractivity contribution in [3.8, 4) is 5.75 Å². The Morgan fingerprint density at radius 2 is 1.97 bits per heavy atom. The van der Waals surface area contributed by atoms with Gasteiger partial charge in [0, 0.05) is 14.1 Å². The highest BCUT2D eigenvalue weighted by Crippen LogP contribution is 2.34. The highest BCUT2D eigenvalue weighted by Gasteiger charge is 2.29. The van der Waals surface area contributed by atoms with Crippen LogP contribution in [0.2, 0.25) is 0 Å². The topological polar surface area (TPSA) is 141 Å². The molecule has 2 heterocycles. The van der Waals surface area contributed by atoms with Crippen LogP contribution in [0.5, 0.6) is 5.75 Å². The van der Waals surface area contributed by atoms with Crippen molar-refractivity contribution in [3.05, 3.63) is 53.0 Å². The number of aliphatic imine (C=N–C) groups is 1. The summed E-state index contributed by atoms with van der Waals surface area (Å²) in [6.45, 7) is 5.97. The van der Waals surface area contributed by atoms with Gasteiger partial charge in [-0.1, -0.05) is 26.8 Å². The van der Waals surface area contributed by atoms with Gasteiger partial charge in [-0.05, 0) is 36.1 Å². The summed E-state index contributed by atoms with van der Waals surface area (Å²) in [7, 11) is -5.04. The van der Waals surface area contributed by atoms with Crippen molar-refractivity contribution >= 4 is 31.6 Å². The lowest BCUT2D eigenvalue weighted by molar-refractivity contribution is 0.454. The molecule has 0 unspecified atom stereocenters. The molecule has 3 N–H and O–H groups in total. The number of phenolic OH excluding ortho intramolecular Hbond substituents is 1. The average Bonchev–Trinajstić information content (AvgIpc) is 3.31. The maximum atomic E-state index is 12.5. The zero-order chi connectivity index (χ0) is 24.6. The summed E-state index contributed by atoms with van der Waals surface area (Å²) in [6.07, 6.45) is 2.21. The smallest absolute Gasteiger partial charge is 0.258 e. The SMILES string of the molecule is CC[C@@H](N=C1NS(=O)(=O)C=C1Nc1cccc(S(=O)(=O)N(C)C)c1O)c1cc(C(C)C)co1. The van der Waals surface area contributed by atoms with Crippen LogP contribution in [0.1, 0.15) is 50.5 Å². The number of phenols is 1. The van der Waals surface area contributed by atoms with E-state index in [9.17, 15) is 21.9 Å². The van der Waals surface area contributed by atoms with Gasteiger partial charge in [-0.3, -0.25) is 9.71 Å². The minimum Gasteiger partial charge on any atom is -0.504 e. The highest BCUT2D eigenvalue weighted by atomic mass is 32.2. The normalized spacial score (nSPS) is 17.9. The number of nitrogens with zero attached hydrogens (tertiary/aromatic N) is 2. The van der Waals surface area contributed by atoms with Gasteiger partial charge in [-0.25, -0.2) is 21.1 Å². The number of benzene rings is 1. The van der Waals surface area contributed by atoms with Gasteiger partial charge in [0.25, 0.3) is 10.0 Å². The van der Waals surface area contributed by atoms with Crippen molar-refractivity contribution in [3.63, 3.8) is 0 Å². The second-order valence-corrected chi connectivity index (χ2v) is 11.7. The van der Waals surface area contributed by atoms with Crippen LogP contribution in [0.3, 0.4) is 0 Å². The van der Waals surface area contributed by atoms with Gasteiger partial charge in [-0.2, -0.15) is 0 Å². The molecule has 1 aromatic heterocycles. The molecule has 10 nitrogen and oxygen atoms in total. The third kappa shape index (κ3) is 5.23. The molecule has 0 saturated carbocycles. The van der Waals surface area contributed by atoms with E-state index in [0.29, 0.717) is 12.2 Å². The van der Waals surface area contributed by atoms with Crippen molar-refractivity contribution in [2.45, 2.75) is 44.0 Å². The molecule has 3 rings (SSSR count). The molecule has 0 fully saturated rings. The first kappa shape index (κ1) is 24.8. The molecule has 0 spiro atoms. The number of sulfonamides is 2. The van der Waals surface area contributed by atoms with Gasteiger partial charge in [0.2, 0.25) is 10.0 Å².